The Bertz CT molecular complexity index is 817. The van der Waals surface area contributed by atoms with E-state index in [0.29, 0.717) is 17.3 Å². The third-order valence-electron chi connectivity index (χ3n) is 4.58. The molecule has 2 aromatic carbocycles. The smallest absolute Gasteiger partial charge is 0.242 e. The molecular formula is C20H21ClN2O2. The van der Waals surface area contributed by atoms with E-state index in [4.69, 9.17) is 11.6 Å². The van der Waals surface area contributed by atoms with E-state index in [1.807, 2.05) is 24.3 Å². The van der Waals surface area contributed by atoms with Gasteiger partial charge in [0.2, 0.25) is 11.8 Å². The number of benzene rings is 2. The lowest BCUT2D eigenvalue weighted by molar-refractivity contribution is -0.136. The molecular weight excluding hydrogens is 336 g/mol. The summed E-state index contributed by atoms with van der Waals surface area (Å²) < 4.78 is 0. The lowest BCUT2D eigenvalue weighted by Crippen LogP contribution is -2.49. The van der Waals surface area contributed by atoms with Crippen molar-refractivity contribution in [2.75, 3.05) is 16.8 Å². The normalized spacial score (nSPS) is 14.0. The number of para-hydroxylation sites is 2. The van der Waals surface area contributed by atoms with E-state index >= 15 is 0 Å². The molecule has 130 valence electrons. The second-order valence-electron chi connectivity index (χ2n) is 6.75. The second-order valence-corrected chi connectivity index (χ2v) is 7.16. The number of rotatable bonds is 3. The standard InChI is InChI=1S/C20H21ClN2O2/c1-20(2,18(24)22-16-11-5-4-10-15(16)21)19(25)23-13-7-9-14-8-3-6-12-17(14)23/h3-6,8,10-12H,7,9,13H2,1-2H3,(H,22,24). The van der Waals surface area contributed by atoms with Crippen LogP contribution in [-0.2, 0) is 16.0 Å². The lowest BCUT2D eigenvalue weighted by Gasteiger charge is -2.35. The van der Waals surface area contributed by atoms with E-state index in [1.54, 1.807) is 43.0 Å². The van der Waals surface area contributed by atoms with Crippen LogP contribution in [0.15, 0.2) is 48.5 Å². The third-order valence-corrected chi connectivity index (χ3v) is 4.91. The molecule has 0 aliphatic carbocycles. The predicted octanol–water partition coefficient (Wildman–Crippen LogP) is 4.28. The number of carbonyl (C=O) groups is 2. The highest BCUT2D eigenvalue weighted by molar-refractivity contribution is 6.34. The lowest BCUT2D eigenvalue weighted by atomic mass is 9.88. The number of hydrogen-bond acceptors (Lipinski definition) is 2. The minimum absolute atomic E-state index is 0.204. The van der Waals surface area contributed by atoms with Gasteiger partial charge in [0, 0.05) is 12.2 Å². The van der Waals surface area contributed by atoms with Crippen LogP contribution in [0.5, 0.6) is 0 Å². The molecule has 1 heterocycles. The molecule has 0 aromatic heterocycles. The van der Waals surface area contributed by atoms with Gasteiger partial charge in [-0.1, -0.05) is 41.9 Å². The Morgan fingerprint density at radius 3 is 2.52 bits per heavy atom. The van der Waals surface area contributed by atoms with Crippen molar-refractivity contribution in [3.05, 3.63) is 59.1 Å². The number of carbonyl (C=O) groups excluding carboxylic acids is 2. The Balaban J connectivity index is 1.84. The van der Waals surface area contributed by atoms with Crippen molar-refractivity contribution >= 4 is 34.8 Å². The molecule has 0 saturated heterocycles. The van der Waals surface area contributed by atoms with Crippen molar-refractivity contribution in [2.24, 2.45) is 5.41 Å². The highest BCUT2D eigenvalue weighted by Crippen LogP contribution is 2.32. The molecule has 1 aliphatic heterocycles. The van der Waals surface area contributed by atoms with E-state index in [0.717, 1.165) is 24.1 Å². The summed E-state index contributed by atoms with van der Waals surface area (Å²) in [6.45, 7) is 3.93. The van der Waals surface area contributed by atoms with Crippen LogP contribution in [0.25, 0.3) is 0 Å². The summed E-state index contributed by atoms with van der Waals surface area (Å²) in [6.07, 6.45) is 1.84. The number of amides is 2. The van der Waals surface area contributed by atoms with Gasteiger partial charge >= 0.3 is 0 Å². The Morgan fingerprint density at radius 1 is 1.08 bits per heavy atom. The molecule has 0 fully saturated rings. The van der Waals surface area contributed by atoms with Crippen LogP contribution in [0.3, 0.4) is 0 Å². The molecule has 0 radical (unpaired) electrons. The van der Waals surface area contributed by atoms with E-state index in [2.05, 4.69) is 5.32 Å². The van der Waals surface area contributed by atoms with Crippen LogP contribution >= 0.6 is 11.6 Å². The molecule has 2 aromatic rings. The maximum absolute atomic E-state index is 13.1. The van der Waals surface area contributed by atoms with Crippen molar-refractivity contribution in [2.45, 2.75) is 26.7 Å². The molecule has 0 spiro atoms. The van der Waals surface area contributed by atoms with Crippen LogP contribution in [0.2, 0.25) is 5.02 Å². The molecule has 3 rings (SSSR count). The van der Waals surface area contributed by atoms with E-state index < -0.39 is 5.41 Å². The largest absolute Gasteiger partial charge is 0.324 e. The molecule has 4 nitrogen and oxygen atoms in total. The number of nitrogens with one attached hydrogen (secondary N) is 1. The van der Waals surface area contributed by atoms with Gasteiger partial charge in [-0.2, -0.15) is 0 Å². The first-order valence-corrected chi connectivity index (χ1v) is 8.75. The molecule has 0 bridgehead atoms. The van der Waals surface area contributed by atoms with Gasteiger partial charge in [-0.05, 0) is 50.5 Å². The average Bonchev–Trinajstić information content (AvgIpc) is 2.62. The summed E-state index contributed by atoms with van der Waals surface area (Å²) in [5, 5.41) is 3.22. The van der Waals surface area contributed by atoms with Crippen molar-refractivity contribution in [1.82, 2.24) is 0 Å². The monoisotopic (exact) mass is 356 g/mol. The number of hydrogen-bond donors (Lipinski definition) is 1. The topological polar surface area (TPSA) is 49.4 Å². The van der Waals surface area contributed by atoms with Gasteiger partial charge in [0.15, 0.2) is 0 Å². The first kappa shape index (κ1) is 17.5. The Morgan fingerprint density at radius 2 is 1.76 bits per heavy atom. The fourth-order valence-electron chi connectivity index (χ4n) is 3.02. The number of anilines is 2. The number of fused-ring (bicyclic) bond motifs is 1. The summed E-state index contributed by atoms with van der Waals surface area (Å²) in [6, 6.07) is 14.9. The van der Waals surface area contributed by atoms with Gasteiger partial charge in [-0.3, -0.25) is 9.59 Å². The van der Waals surface area contributed by atoms with Crippen LogP contribution in [-0.4, -0.2) is 18.4 Å². The SMILES string of the molecule is CC(C)(C(=O)Nc1ccccc1Cl)C(=O)N1CCCc2ccccc21. The van der Waals surface area contributed by atoms with E-state index in [1.165, 1.54) is 0 Å². The Labute approximate surface area is 152 Å². The Kier molecular flexibility index (Phi) is 4.82. The minimum Gasteiger partial charge on any atom is -0.324 e. The van der Waals surface area contributed by atoms with Crippen LogP contribution in [0.1, 0.15) is 25.8 Å². The van der Waals surface area contributed by atoms with Gasteiger partial charge in [-0.25, -0.2) is 0 Å². The fraction of sp³-hybridized carbons (Fsp3) is 0.300. The van der Waals surface area contributed by atoms with Crippen LogP contribution < -0.4 is 10.2 Å². The average molecular weight is 357 g/mol. The maximum atomic E-state index is 13.1. The zero-order valence-corrected chi connectivity index (χ0v) is 15.1. The highest BCUT2D eigenvalue weighted by Gasteiger charge is 2.40. The van der Waals surface area contributed by atoms with Crippen molar-refractivity contribution < 1.29 is 9.59 Å². The van der Waals surface area contributed by atoms with Gasteiger partial charge < -0.3 is 10.2 Å². The number of halogens is 1. The minimum atomic E-state index is -1.20. The molecule has 0 saturated carbocycles. The molecule has 1 aliphatic rings. The summed E-state index contributed by atoms with van der Waals surface area (Å²) >= 11 is 6.10. The van der Waals surface area contributed by atoms with Crippen molar-refractivity contribution in [3.63, 3.8) is 0 Å². The van der Waals surface area contributed by atoms with E-state index in [9.17, 15) is 9.59 Å². The van der Waals surface area contributed by atoms with Gasteiger partial charge in [0.05, 0.1) is 10.7 Å². The molecule has 5 heteroatoms. The molecule has 2 amide bonds. The predicted molar refractivity (Wildman–Crippen MR) is 101 cm³/mol. The summed E-state index contributed by atoms with van der Waals surface area (Å²) in [5.74, 6) is -0.571. The third kappa shape index (κ3) is 3.40. The van der Waals surface area contributed by atoms with Crippen molar-refractivity contribution in [1.29, 1.82) is 0 Å². The number of aryl methyl sites for hydroxylation is 1. The fourth-order valence-corrected chi connectivity index (χ4v) is 3.20. The zero-order chi connectivity index (χ0) is 18.0. The first-order valence-electron chi connectivity index (χ1n) is 8.37. The Hall–Kier alpha value is -2.33. The zero-order valence-electron chi connectivity index (χ0n) is 14.4. The second kappa shape index (κ2) is 6.89. The van der Waals surface area contributed by atoms with Crippen molar-refractivity contribution in [3.8, 4) is 0 Å². The molecule has 25 heavy (non-hydrogen) atoms. The molecule has 0 atom stereocenters. The van der Waals surface area contributed by atoms with E-state index in [-0.39, 0.29) is 11.8 Å². The first-order chi connectivity index (χ1) is 11.9. The van der Waals surface area contributed by atoms with Crippen LogP contribution in [0.4, 0.5) is 11.4 Å². The van der Waals surface area contributed by atoms with Crippen LogP contribution in [0, 0.1) is 5.41 Å². The number of nitrogens with zero attached hydrogens (tertiary/aromatic N) is 1. The molecule has 0 unspecified atom stereocenters. The quantitative estimate of drug-likeness (QED) is 0.834. The van der Waals surface area contributed by atoms with Gasteiger partial charge in [0.1, 0.15) is 5.41 Å². The summed E-state index contributed by atoms with van der Waals surface area (Å²) in [7, 11) is 0. The highest BCUT2D eigenvalue weighted by atomic mass is 35.5. The molecule has 1 N–H and O–H groups in total. The summed E-state index contributed by atoms with van der Waals surface area (Å²) in [5.41, 5.74) is 1.35. The van der Waals surface area contributed by atoms with Gasteiger partial charge in [-0.15, -0.1) is 0 Å². The summed E-state index contributed by atoms with van der Waals surface area (Å²) in [4.78, 5) is 27.6. The van der Waals surface area contributed by atoms with Gasteiger partial charge in [0.25, 0.3) is 0 Å². The maximum Gasteiger partial charge on any atom is 0.242 e.